The zero-order chi connectivity index (χ0) is 12.5. The third-order valence-corrected chi connectivity index (χ3v) is 3.83. The lowest BCUT2D eigenvalue weighted by Crippen LogP contribution is -2.35. The third kappa shape index (κ3) is 2.93. The molecule has 2 nitrogen and oxygen atoms in total. The molecule has 0 bridgehead atoms. The number of nitrogens with zero attached hydrogens (tertiary/aromatic N) is 1. The summed E-state index contributed by atoms with van der Waals surface area (Å²) in [6, 6.07) is 8.39. The lowest BCUT2D eigenvalue weighted by molar-refractivity contribution is 0.489. The first-order chi connectivity index (χ1) is 7.97. The fourth-order valence-corrected chi connectivity index (χ4v) is 2.84. The maximum Gasteiger partial charge on any atom is 0.0949 e. The quantitative estimate of drug-likeness (QED) is 0.903. The highest BCUT2D eigenvalue weighted by molar-refractivity contribution is 7.09. The van der Waals surface area contributed by atoms with E-state index in [1.165, 1.54) is 11.1 Å². The van der Waals surface area contributed by atoms with Crippen LogP contribution in [-0.2, 0) is 12.0 Å². The first-order valence-corrected chi connectivity index (χ1v) is 6.62. The van der Waals surface area contributed by atoms with Crippen LogP contribution in [0.1, 0.15) is 28.8 Å². The standard InChI is InChI=1S/C14H18N2S/c1-10-5-4-6-12(7-10)14(3,15)8-13-16-11(2)9-17-13/h4-7,9H,8,15H2,1-3H3. The molecule has 2 N–H and O–H groups in total. The molecule has 90 valence electrons. The summed E-state index contributed by atoms with van der Waals surface area (Å²) in [7, 11) is 0. The van der Waals surface area contributed by atoms with Crippen LogP contribution in [0.3, 0.4) is 0 Å². The molecular formula is C14H18N2S. The Bertz CT molecular complexity index is 514. The molecule has 0 radical (unpaired) electrons. The SMILES string of the molecule is Cc1cccc(C(C)(N)Cc2nc(C)cs2)c1. The van der Waals surface area contributed by atoms with Gasteiger partial charge in [0, 0.05) is 23.0 Å². The van der Waals surface area contributed by atoms with Gasteiger partial charge in [-0.25, -0.2) is 4.98 Å². The molecule has 17 heavy (non-hydrogen) atoms. The summed E-state index contributed by atoms with van der Waals surface area (Å²) in [6.07, 6.45) is 0.787. The lowest BCUT2D eigenvalue weighted by atomic mass is 9.89. The van der Waals surface area contributed by atoms with Crippen LogP contribution in [-0.4, -0.2) is 4.98 Å². The summed E-state index contributed by atoms with van der Waals surface area (Å²) < 4.78 is 0. The van der Waals surface area contributed by atoms with Crippen LogP contribution in [0.4, 0.5) is 0 Å². The molecule has 2 aromatic rings. The highest BCUT2D eigenvalue weighted by Gasteiger charge is 2.23. The summed E-state index contributed by atoms with van der Waals surface area (Å²) in [6.45, 7) is 6.17. The zero-order valence-corrected chi connectivity index (χ0v) is 11.3. The van der Waals surface area contributed by atoms with Crippen molar-refractivity contribution in [3.05, 3.63) is 51.5 Å². The molecule has 1 aromatic carbocycles. The first kappa shape index (κ1) is 12.3. The van der Waals surface area contributed by atoms with Gasteiger partial charge in [0.2, 0.25) is 0 Å². The number of thiazole rings is 1. The van der Waals surface area contributed by atoms with Crippen molar-refractivity contribution in [1.29, 1.82) is 0 Å². The molecule has 1 aromatic heterocycles. The number of aryl methyl sites for hydroxylation is 2. The second-order valence-electron chi connectivity index (χ2n) is 4.85. The van der Waals surface area contributed by atoms with Gasteiger partial charge in [0.1, 0.15) is 0 Å². The average molecular weight is 246 g/mol. The minimum Gasteiger partial charge on any atom is -0.321 e. The molecule has 0 aliphatic rings. The summed E-state index contributed by atoms with van der Waals surface area (Å²) in [5.74, 6) is 0. The molecule has 1 unspecified atom stereocenters. The second-order valence-corrected chi connectivity index (χ2v) is 5.79. The van der Waals surface area contributed by atoms with E-state index < -0.39 is 0 Å². The number of aromatic nitrogens is 1. The van der Waals surface area contributed by atoms with Crippen LogP contribution in [0.5, 0.6) is 0 Å². The van der Waals surface area contributed by atoms with Gasteiger partial charge in [0.25, 0.3) is 0 Å². The predicted octanol–water partition coefficient (Wildman–Crippen LogP) is 3.18. The Balaban J connectivity index is 2.24. The number of rotatable bonds is 3. The fourth-order valence-electron chi connectivity index (χ4n) is 1.90. The number of nitrogens with two attached hydrogens (primary N) is 1. The van der Waals surface area contributed by atoms with Crippen molar-refractivity contribution in [2.24, 2.45) is 5.73 Å². The smallest absolute Gasteiger partial charge is 0.0949 e. The molecule has 0 saturated heterocycles. The zero-order valence-electron chi connectivity index (χ0n) is 10.5. The van der Waals surface area contributed by atoms with Crippen molar-refractivity contribution in [2.45, 2.75) is 32.7 Å². The third-order valence-electron chi connectivity index (χ3n) is 2.86. The molecule has 3 heteroatoms. The predicted molar refractivity (Wildman–Crippen MR) is 73.3 cm³/mol. The van der Waals surface area contributed by atoms with Crippen molar-refractivity contribution in [2.75, 3.05) is 0 Å². The van der Waals surface area contributed by atoms with Gasteiger partial charge in [-0.2, -0.15) is 0 Å². The lowest BCUT2D eigenvalue weighted by Gasteiger charge is -2.24. The highest BCUT2D eigenvalue weighted by atomic mass is 32.1. The largest absolute Gasteiger partial charge is 0.321 e. The topological polar surface area (TPSA) is 38.9 Å². The van der Waals surface area contributed by atoms with Crippen molar-refractivity contribution in [3.63, 3.8) is 0 Å². The summed E-state index contributed by atoms with van der Waals surface area (Å²) in [5, 5.41) is 3.18. The van der Waals surface area contributed by atoms with Crippen LogP contribution < -0.4 is 5.73 Å². The van der Waals surface area contributed by atoms with Crippen molar-refractivity contribution in [3.8, 4) is 0 Å². The van der Waals surface area contributed by atoms with Gasteiger partial charge in [0.05, 0.1) is 5.01 Å². The Kier molecular flexibility index (Phi) is 3.31. The molecular weight excluding hydrogens is 228 g/mol. The molecule has 0 aliphatic carbocycles. The number of benzene rings is 1. The molecule has 0 amide bonds. The van der Waals surface area contributed by atoms with E-state index in [2.05, 4.69) is 48.5 Å². The van der Waals surface area contributed by atoms with Crippen LogP contribution in [0, 0.1) is 13.8 Å². The molecule has 0 spiro atoms. The Morgan fingerprint density at radius 1 is 1.35 bits per heavy atom. The Hall–Kier alpha value is -1.19. The highest BCUT2D eigenvalue weighted by Crippen LogP contribution is 2.25. The monoisotopic (exact) mass is 246 g/mol. The molecule has 0 fully saturated rings. The van der Waals surface area contributed by atoms with Gasteiger partial charge in [-0.3, -0.25) is 0 Å². The van der Waals surface area contributed by atoms with Crippen molar-refractivity contribution in [1.82, 2.24) is 4.98 Å². The van der Waals surface area contributed by atoms with E-state index in [9.17, 15) is 0 Å². The van der Waals surface area contributed by atoms with Gasteiger partial charge >= 0.3 is 0 Å². The minimum absolute atomic E-state index is 0.351. The normalized spacial score (nSPS) is 14.6. The van der Waals surface area contributed by atoms with E-state index in [0.29, 0.717) is 0 Å². The van der Waals surface area contributed by atoms with Gasteiger partial charge in [-0.05, 0) is 26.3 Å². The van der Waals surface area contributed by atoms with E-state index in [-0.39, 0.29) is 5.54 Å². The Morgan fingerprint density at radius 3 is 2.71 bits per heavy atom. The summed E-state index contributed by atoms with van der Waals surface area (Å²) >= 11 is 1.68. The minimum atomic E-state index is -0.351. The number of hydrogen-bond acceptors (Lipinski definition) is 3. The van der Waals surface area contributed by atoms with E-state index in [1.807, 2.05) is 6.92 Å². The second kappa shape index (κ2) is 4.59. The Labute approximate surface area is 107 Å². The van der Waals surface area contributed by atoms with Gasteiger partial charge in [-0.15, -0.1) is 11.3 Å². The van der Waals surface area contributed by atoms with E-state index in [0.717, 1.165) is 17.1 Å². The summed E-state index contributed by atoms with van der Waals surface area (Å²) in [5.41, 5.74) is 9.55. The van der Waals surface area contributed by atoms with E-state index in [1.54, 1.807) is 11.3 Å². The van der Waals surface area contributed by atoms with Crippen LogP contribution in [0.25, 0.3) is 0 Å². The van der Waals surface area contributed by atoms with Crippen LogP contribution in [0.2, 0.25) is 0 Å². The average Bonchev–Trinajstić information content (AvgIpc) is 2.63. The van der Waals surface area contributed by atoms with Gasteiger partial charge in [-0.1, -0.05) is 29.8 Å². The fraction of sp³-hybridized carbons (Fsp3) is 0.357. The van der Waals surface area contributed by atoms with Crippen molar-refractivity contribution >= 4 is 11.3 Å². The van der Waals surface area contributed by atoms with Crippen LogP contribution >= 0.6 is 11.3 Å². The number of hydrogen-bond donors (Lipinski definition) is 1. The molecule has 0 saturated carbocycles. The van der Waals surface area contributed by atoms with Gasteiger partial charge in [0.15, 0.2) is 0 Å². The van der Waals surface area contributed by atoms with E-state index >= 15 is 0 Å². The van der Waals surface area contributed by atoms with Gasteiger partial charge < -0.3 is 5.73 Å². The molecule has 0 aliphatic heterocycles. The molecule has 1 atom stereocenters. The van der Waals surface area contributed by atoms with Crippen molar-refractivity contribution < 1.29 is 0 Å². The molecule has 1 heterocycles. The summed E-state index contributed by atoms with van der Waals surface area (Å²) in [4.78, 5) is 4.48. The van der Waals surface area contributed by atoms with E-state index in [4.69, 9.17) is 5.73 Å². The molecule has 2 rings (SSSR count). The van der Waals surface area contributed by atoms with Crippen LogP contribution in [0.15, 0.2) is 29.6 Å². The Morgan fingerprint density at radius 2 is 2.12 bits per heavy atom. The first-order valence-electron chi connectivity index (χ1n) is 5.74. The maximum atomic E-state index is 6.41. The maximum absolute atomic E-state index is 6.41.